The molecule has 20 heavy (non-hydrogen) atoms. The summed E-state index contributed by atoms with van der Waals surface area (Å²) in [6, 6.07) is 3.17. The van der Waals surface area contributed by atoms with Crippen molar-refractivity contribution in [1.29, 1.82) is 0 Å². The fourth-order valence-corrected chi connectivity index (χ4v) is 4.64. The van der Waals surface area contributed by atoms with E-state index in [1.165, 1.54) is 11.0 Å². The number of amides is 1. The Morgan fingerprint density at radius 3 is 2.65 bits per heavy atom. The van der Waals surface area contributed by atoms with Crippen LogP contribution in [0.5, 0.6) is 0 Å². The summed E-state index contributed by atoms with van der Waals surface area (Å²) < 4.78 is 26.7. The second kappa shape index (κ2) is 5.51. The van der Waals surface area contributed by atoms with Crippen LogP contribution in [-0.2, 0) is 10.0 Å². The Kier molecular flexibility index (Phi) is 4.11. The minimum atomic E-state index is -3.63. The van der Waals surface area contributed by atoms with Gasteiger partial charge in [0.05, 0.1) is 5.69 Å². The van der Waals surface area contributed by atoms with E-state index in [0.29, 0.717) is 10.6 Å². The number of hydrogen-bond acceptors (Lipinski definition) is 6. The first-order valence-electron chi connectivity index (χ1n) is 5.56. The average Bonchev–Trinajstić information content (AvgIpc) is 2.97. The van der Waals surface area contributed by atoms with Crippen LogP contribution < -0.4 is 4.72 Å². The number of nitrogens with one attached hydrogen (secondary N) is 1. The molecule has 0 radical (unpaired) electrons. The van der Waals surface area contributed by atoms with Gasteiger partial charge in [0.25, 0.3) is 15.9 Å². The number of nitrogens with zero attached hydrogens (tertiary/aromatic N) is 2. The van der Waals surface area contributed by atoms with Crippen LogP contribution in [0.25, 0.3) is 0 Å². The highest BCUT2D eigenvalue weighted by Gasteiger charge is 2.21. The van der Waals surface area contributed by atoms with Gasteiger partial charge in [0.2, 0.25) is 0 Å². The maximum absolute atomic E-state index is 12.1. The number of rotatable bonds is 4. The monoisotopic (exact) mass is 331 g/mol. The highest BCUT2D eigenvalue weighted by atomic mass is 32.2. The predicted molar refractivity (Wildman–Crippen MR) is 80.0 cm³/mol. The number of hydrogen-bond donors (Lipinski definition) is 1. The van der Waals surface area contributed by atoms with Crippen molar-refractivity contribution in [2.75, 3.05) is 18.8 Å². The first kappa shape index (κ1) is 14.9. The van der Waals surface area contributed by atoms with Gasteiger partial charge < -0.3 is 4.90 Å². The maximum atomic E-state index is 12.1. The van der Waals surface area contributed by atoms with Gasteiger partial charge in [-0.3, -0.25) is 9.52 Å². The van der Waals surface area contributed by atoms with Crippen LogP contribution in [0, 0.1) is 6.92 Å². The third-order valence-corrected chi connectivity index (χ3v) is 6.31. The van der Waals surface area contributed by atoms with Gasteiger partial charge in [0.1, 0.15) is 9.09 Å². The highest BCUT2D eigenvalue weighted by molar-refractivity contribution is 7.94. The maximum Gasteiger partial charge on any atom is 0.273 e. The van der Waals surface area contributed by atoms with Crippen molar-refractivity contribution in [1.82, 2.24) is 9.88 Å². The van der Waals surface area contributed by atoms with E-state index in [1.54, 1.807) is 32.5 Å². The molecule has 0 saturated heterocycles. The van der Waals surface area contributed by atoms with Gasteiger partial charge in [-0.15, -0.1) is 11.3 Å². The number of carbonyl (C=O) groups excluding carboxylic acids is 1. The fourth-order valence-electron chi connectivity index (χ4n) is 1.42. The van der Waals surface area contributed by atoms with Crippen molar-refractivity contribution >= 4 is 43.7 Å². The minimum absolute atomic E-state index is 0.193. The van der Waals surface area contributed by atoms with Crippen LogP contribution in [0.15, 0.2) is 21.7 Å². The van der Waals surface area contributed by atoms with E-state index in [0.717, 1.165) is 22.7 Å². The Balaban J connectivity index is 2.28. The molecule has 1 amide bonds. The summed E-state index contributed by atoms with van der Waals surface area (Å²) in [7, 11) is -0.356. The molecule has 2 heterocycles. The summed E-state index contributed by atoms with van der Waals surface area (Å²) in [4.78, 5) is 17.8. The largest absolute Gasteiger partial charge is 0.344 e. The molecule has 0 aromatic carbocycles. The molecule has 108 valence electrons. The molecule has 0 aliphatic heterocycles. The third-order valence-electron chi connectivity index (χ3n) is 2.38. The third kappa shape index (κ3) is 3.00. The van der Waals surface area contributed by atoms with Gasteiger partial charge in [0, 0.05) is 14.1 Å². The lowest BCUT2D eigenvalue weighted by molar-refractivity contribution is 0.0831. The van der Waals surface area contributed by atoms with E-state index in [2.05, 4.69) is 9.71 Å². The molecule has 0 spiro atoms. The summed E-state index contributed by atoms with van der Waals surface area (Å²) in [5.41, 5.74) is 0.512. The van der Waals surface area contributed by atoms with Gasteiger partial charge in [-0.05, 0) is 18.4 Å². The Morgan fingerprint density at radius 2 is 2.10 bits per heavy atom. The number of aryl methyl sites for hydroxylation is 1. The molecule has 2 rings (SSSR count). The smallest absolute Gasteiger partial charge is 0.273 e. The van der Waals surface area contributed by atoms with Gasteiger partial charge in [-0.25, -0.2) is 13.4 Å². The van der Waals surface area contributed by atoms with Crippen molar-refractivity contribution in [3.05, 3.63) is 28.1 Å². The van der Waals surface area contributed by atoms with Crippen LogP contribution >= 0.6 is 22.7 Å². The zero-order chi connectivity index (χ0) is 14.9. The second-order valence-corrected chi connectivity index (χ2v) is 8.03. The normalized spacial score (nSPS) is 11.3. The predicted octanol–water partition coefficient (Wildman–Crippen LogP) is 2.02. The topological polar surface area (TPSA) is 79.4 Å². The van der Waals surface area contributed by atoms with Crippen molar-refractivity contribution in [2.45, 2.75) is 11.1 Å². The van der Waals surface area contributed by atoms with Gasteiger partial charge in [-0.1, -0.05) is 17.4 Å². The number of thiazole rings is 1. The van der Waals surface area contributed by atoms with E-state index < -0.39 is 10.0 Å². The van der Waals surface area contributed by atoms with Crippen molar-refractivity contribution in [2.24, 2.45) is 0 Å². The van der Waals surface area contributed by atoms with Crippen LogP contribution in [0.4, 0.5) is 5.13 Å². The number of anilines is 1. The zero-order valence-corrected chi connectivity index (χ0v) is 13.5. The van der Waals surface area contributed by atoms with Crippen molar-refractivity contribution < 1.29 is 13.2 Å². The summed E-state index contributed by atoms with van der Waals surface area (Å²) in [6.07, 6.45) is 0. The van der Waals surface area contributed by atoms with Crippen molar-refractivity contribution in [3.8, 4) is 0 Å². The van der Waals surface area contributed by atoms with Crippen LogP contribution in [0.3, 0.4) is 0 Å². The van der Waals surface area contributed by atoms with Crippen molar-refractivity contribution in [3.63, 3.8) is 0 Å². The van der Waals surface area contributed by atoms with Crippen LogP contribution in [0.2, 0.25) is 0 Å². The Hall–Kier alpha value is -1.45. The van der Waals surface area contributed by atoms with E-state index in [9.17, 15) is 13.2 Å². The van der Waals surface area contributed by atoms with E-state index in [1.807, 2.05) is 0 Å². The van der Waals surface area contributed by atoms with Gasteiger partial charge in [-0.2, -0.15) is 0 Å². The van der Waals surface area contributed by atoms with E-state index >= 15 is 0 Å². The summed E-state index contributed by atoms with van der Waals surface area (Å²) >= 11 is 2.15. The molecule has 0 aliphatic carbocycles. The first-order valence-corrected chi connectivity index (χ1v) is 8.74. The number of carbonyl (C=O) groups is 1. The number of thiophene rings is 1. The van der Waals surface area contributed by atoms with Crippen LogP contribution in [0.1, 0.15) is 15.4 Å². The molecule has 0 fully saturated rings. The number of aromatic nitrogens is 1. The second-order valence-electron chi connectivity index (χ2n) is 4.17. The Bertz CT molecular complexity index is 717. The molecule has 0 aliphatic rings. The fraction of sp³-hybridized carbons (Fsp3) is 0.273. The number of sulfonamides is 1. The molecular formula is C11H13N3O3S3. The molecule has 0 atom stereocenters. The lowest BCUT2D eigenvalue weighted by Crippen LogP contribution is -2.21. The lowest BCUT2D eigenvalue weighted by Gasteiger charge is -2.07. The summed E-state index contributed by atoms with van der Waals surface area (Å²) in [5.74, 6) is -0.193. The lowest BCUT2D eigenvalue weighted by atomic mass is 10.3. The van der Waals surface area contributed by atoms with E-state index in [-0.39, 0.29) is 15.2 Å². The summed E-state index contributed by atoms with van der Waals surface area (Å²) in [5, 5.41) is 1.88. The zero-order valence-electron chi connectivity index (χ0n) is 11.1. The molecule has 0 unspecified atom stereocenters. The minimum Gasteiger partial charge on any atom is -0.344 e. The highest BCUT2D eigenvalue weighted by Crippen LogP contribution is 2.27. The van der Waals surface area contributed by atoms with Crippen LogP contribution in [-0.4, -0.2) is 38.3 Å². The molecule has 1 N–H and O–H groups in total. The summed E-state index contributed by atoms with van der Waals surface area (Å²) in [6.45, 7) is 1.68. The molecule has 6 nitrogen and oxygen atoms in total. The van der Waals surface area contributed by atoms with Gasteiger partial charge >= 0.3 is 0 Å². The Morgan fingerprint density at radius 1 is 1.40 bits per heavy atom. The van der Waals surface area contributed by atoms with E-state index in [4.69, 9.17) is 0 Å². The molecular weight excluding hydrogens is 318 g/mol. The molecule has 0 saturated carbocycles. The Labute approximate surface area is 125 Å². The standard InChI is InChI=1S/C11H13N3O3S3/c1-7-9(10(15)14(2)3)19-11(12-7)13-20(16,17)8-5-4-6-18-8/h4-6H,1-3H3,(H,12,13). The first-order chi connectivity index (χ1) is 9.31. The molecule has 9 heteroatoms. The average molecular weight is 331 g/mol. The quantitative estimate of drug-likeness (QED) is 0.929. The molecule has 0 bridgehead atoms. The molecule has 2 aromatic heterocycles. The SMILES string of the molecule is Cc1nc(NS(=O)(=O)c2cccs2)sc1C(=O)N(C)C. The van der Waals surface area contributed by atoms with Gasteiger partial charge in [0.15, 0.2) is 5.13 Å². The molecule has 2 aromatic rings.